The van der Waals surface area contributed by atoms with E-state index < -0.39 is 0 Å². The van der Waals surface area contributed by atoms with Crippen LogP contribution in [-0.4, -0.2) is 33.6 Å². The second kappa shape index (κ2) is 5.56. The summed E-state index contributed by atoms with van der Waals surface area (Å²) in [4.78, 5) is 0. The normalized spacial score (nSPS) is 55.2. The number of allylic oxidation sites excluding steroid dienone is 2. The lowest BCUT2D eigenvalue weighted by molar-refractivity contribution is -0.0846. The van der Waals surface area contributed by atoms with Crippen molar-refractivity contribution >= 4 is 0 Å². The Labute approximate surface area is 146 Å². The monoisotopic (exact) mass is 334 g/mol. The van der Waals surface area contributed by atoms with Crippen LogP contribution >= 0.6 is 0 Å². The van der Waals surface area contributed by atoms with Crippen molar-refractivity contribution in [3.63, 3.8) is 0 Å². The topological polar surface area (TPSA) is 60.7 Å². The molecule has 9 unspecified atom stereocenters. The Morgan fingerprint density at radius 3 is 2.54 bits per heavy atom. The molecule has 0 bridgehead atoms. The summed E-state index contributed by atoms with van der Waals surface area (Å²) >= 11 is 0. The zero-order chi connectivity index (χ0) is 17.3. The average Bonchev–Trinajstić information content (AvgIpc) is 2.87. The van der Waals surface area contributed by atoms with Gasteiger partial charge in [-0.2, -0.15) is 0 Å². The van der Waals surface area contributed by atoms with Gasteiger partial charge in [0.05, 0.1) is 18.3 Å². The van der Waals surface area contributed by atoms with Crippen LogP contribution in [0, 0.1) is 34.5 Å². The van der Waals surface area contributed by atoms with Crippen molar-refractivity contribution in [3.8, 4) is 0 Å². The molecule has 0 spiro atoms. The molecule has 4 aliphatic rings. The van der Waals surface area contributed by atoms with Gasteiger partial charge in [-0.1, -0.05) is 25.5 Å². The number of rotatable bonds is 1. The third-order valence-corrected chi connectivity index (χ3v) is 8.67. The van der Waals surface area contributed by atoms with E-state index in [1.54, 1.807) is 5.57 Å². The van der Waals surface area contributed by atoms with Gasteiger partial charge < -0.3 is 15.3 Å². The zero-order valence-corrected chi connectivity index (χ0v) is 15.4. The van der Waals surface area contributed by atoms with Gasteiger partial charge in [0.2, 0.25) is 0 Å². The van der Waals surface area contributed by atoms with Gasteiger partial charge in [0.15, 0.2) is 0 Å². The summed E-state index contributed by atoms with van der Waals surface area (Å²) in [6, 6.07) is 0. The molecule has 3 nitrogen and oxygen atoms in total. The van der Waals surface area contributed by atoms with Crippen molar-refractivity contribution in [2.24, 2.45) is 34.5 Å². The highest BCUT2D eigenvalue weighted by Crippen LogP contribution is 2.65. The highest BCUT2D eigenvalue weighted by Gasteiger charge is 2.59. The first-order chi connectivity index (χ1) is 11.3. The van der Waals surface area contributed by atoms with Crippen molar-refractivity contribution in [1.29, 1.82) is 0 Å². The van der Waals surface area contributed by atoms with E-state index in [0.717, 1.165) is 38.5 Å². The number of fused-ring (bicyclic) bond motifs is 5. The van der Waals surface area contributed by atoms with E-state index in [9.17, 15) is 15.3 Å². The van der Waals surface area contributed by atoms with Crippen molar-refractivity contribution < 1.29 is 15.3 Å². The Morgan fingerprint density at radius 2 is 1.83 bits per heavy atom. The Kier molecular flexibility index (Phi) is 3.95. The van der Waals surface area contributed by atoms with Gasteiger partial charge in [0, 0.05) is 0 Å². The average molecular weight is 335 g/mol. The predicted molar refractivity (Wildman–Crippen MR) is 94.3 cm³/mol. The summed E-state index contributed by atoms with van der Waals surface area (Å²) in [5.74, 6) is 1.66. The molecule has 3 saturated carbocycles. The molecule has 0 radical (unpaired) electrons. The maximum absolute atomic E-state index is 10.9. The molecule has 0 aromatic rings. The predicted octanol–water partition coefficient (Wildman–Crippen LogP) is 3.28. The van der Waals surface area contributed by atoms with Gasteiger partial charge in [-0.25, -0.2) is 0 Å². The van der Waals surface area contributed by atoms with E-state index in [0.29, 0.717) is 17.8 Å². The maximum atomic E-state index is 10.9. The molecule has 0 saturated heterocycles. The molecule has 3 fully saturated rings. The van der Waals surface area contributed by atoms with E-state index in [-0.39, 0.29) is 35.1 Å². The first-order valence-electron chi connectivity index (χ1n) is 10.0. The minimum absolute atomic E-state index is 0.0613. The van der Waals surface area contributed by atoms with Crippen LogP contribution in [-0.2, 0) is 0 Å². The lowest BCUT2D eigenvalue weighted by Gasteiger charge is -2.58. The van der Waals surface area contributed by atoms with Crippen LogP contribution in [0.1, 0.15) is 65.7 Å². The third kappa shape index (κ3) is 2.20. The van der Waals surface area contributed by atoms with Crippen LogP contribution < -0.4 is 0 Å². The third-order valence-electron chi connectivity index (χ3n) is 8.67. The van der Waals surface area contributed by atoms with E-state index in [1.165, 1.54) is 6.42 Å². The summed E-state index contributed by atoms with van der Waals surface area (Å²) in [5, 5.41) is 31.3. The molecule has 4 aliphatic carbocycles. The van der Waals surface area contributed by atoms with Crippen LogP contribution in [0.25, 0.3) is 0 Å². The lowest BCUT2D eigenvalue weighted by atomic mass is 9.48. The Balaban J connectivity index is 1.71. The molecule has 0 aromatic carbocycles. The quantitative estimate of drug-likeness (QED) is 0.645. The van der Waals surface area contributed by atoms with Crippen LogP contribution in [0.3, 0.4) is 0 Å². The Morgan fingerprint density at radius 1 is 1.08 bits per heavy atom. The fourth-order valence-corrected chi connectivity index (χ4v) is 7.38. The molecular weight excluding hydrogens is 300 g/mol. The second-order valence-electron chi connectivity index (χ2n) is 9.76. The fraction of sp³-hybridized carbons (Fsp3) is 0.905. The molecule has 24 heavy (non-hydrogen) atoms. The van der Waals surface area contributed by atoms with Crippen molar-refractivity contribution in [2.45, 2.75) is 84.0 Å². The molecule has 0 aromatic heterocycles. The van der Waals surface area contributed by atoms with Gasteiger partial charge >= 0.3 is 0 Å². The number of aliphatic hydroxyl groups is 3. The first kappa shape index (κ1) is 17.1. The van der Waals surface area contributed by atoms with E-state index in [2.05, 4.69) is 19.9 Å². The molecule has 136 valence electrons. The highest BCUT2D eigenvalue weighted by molar-refractivity contribution is 5.30. The first-order valence-corrected chi connectivity index (χ1v) is 10.0. The zero-order valence-electron chi connectivity index (χ0n) is 15.4. The molecule has 9 atom stereocenters. The van der Waals surface area contributed by atoms with E-state index in [4.69, 9.17) is 0 Å². The minimum Gasteiger partial charge on any atom is -0.393 e. The highest BCUT2D eigenvalue weighted by atomic mass is 16.3. The van der Waals surface area contributed by atoms with Gasteiger partial charge in [-0.15, -0.1) is 0 Å². The van der Waals surface area contributed by atoms with Crippen LogP contribution in [0.2, 0.25) is 0 Å². The molecule has 0 heterocycles. The van der Waals surface area contributed by atoms with Gasteiger partial charge in [-0.3, -0.25) is 0 Å². The molecule has 3 heteroatoms. The maximum Gasteiger partial charge on any atom is 0.0583 e. The molecular formula is C21H34O3. The largest absolute Gasteiger partial charge is 0.393 e. The summed E-state index contributed by atoms with van der Waals surface area (Å²) in [6.45, 7) is 6.67. The Hall–Kier alpha value is -0.380. The van der Waals surface area contributed by atoms with Gasteiger partial charge in [0.1, 0.15) is 0 Å². The summed E-state index contributed by atoms with van der Waals surface area (Å²) < 4.78 is 0. The smallest absolute Gasteiger partial charge is 0.0583 e. The van der Waals surface area contributed by atoms with Gasteiger partial charge in [0.25, 0.3) is 0 Å². The lowest BCUT2D eigenvalue weighted by Crippen LogP contribution is -2.54. The number of aliphatic hydroxyl groups excluding tert-OH is 3. The fourth-order valence-electron chi connectivity index (χ4n) is 7.38. The molecule has 3 N–H and O–H groups in total. The summed E-state index contributed by atoms with van der Waals surface area (Å²) in [5.41, 5.74) is 1.82. The number of hydrogen-bond acceptors (Lipinski definition) is 3. The molecule has 0 aliphatic heterocycles. The van der Waals surface area contributed by atoms with Crippen LogP contribution in [0.15, 0.2) is 11.6 Å². The van der Waals surface area contributed by atoms with Crippen molar-refractivity contribution in [1.82, 2.24) is 0 Å². The Bertz CT molecular complexity index is 541. The minimum atomic E-state index is -0.292. The van der Waals surface area contributed by atoms with Crippen LogP contribution in [0.4, 0.5) is 0 Å². The van der Waals surface area contributed by atoms with Crippen molar-refractivity contribution in [3.05, 3.63) is 11.6 Å². The summed E-state index contributed by atoms with van der Waals surface area (Å²) in [6.07, 6.45) is 8.55. The molecule has 0 amide bonds. The van der Waals surface area contributed by atoms with Crippen LogP contribution in [0.5, 0.6) is 0 Å². The van der Waals surface area contributed by atoms with Gasteiger partial charge in [-0.05, 0) is 86.4 Å². The summed E-state index contributed by atoms with van der Waals surface area (Å²) in [7, 11) is 0. The number of hydrogen-bond donors (Lipinski definition) is 3. The standard InChI is InChI=1S/C21H34O3/c1-12(22)15-4-5-16-14-11-19(24)18-10-13(23)6-8-21(18,3)17(14)7-9-20(15,16)2/h7,12-16,18-19,22-24H,4-6,8-11H2,1-3H3. The van der Waals surface area contributed by atoms with E-state index in [1.807, 2.05) is 6.92 Å². The SMILES string of the molecule is CC(O)C1CCC2C3CC(O)C4CC(O)CCC4(C)C3=CCC12C. The van der Waals surface area contributed by atoms with E-state index >= 15 is 0 Å². The molecule has 4 rings (SSSR count). The van der Waals surface area contributed by atoms with Crippen molar-refractivity contribution in [2.75, 3.05) is 0 Å². The second-order valence-corrected chi connectivity index (χ2v) is 9.76.